The average Bonchev–Trinajstić information content (AvgIpc) is 2.81. The summed E-state index contributed by atoms with van der Waals surface area (Å²) in [5, 5.41) is 13.6. The molecule has 0 amide bonds. The van der Waals surface area contributed by atoms with Crippen molar-refractivity contribution in [2.45, 2.75) is 18.4 Å². The van der Waals surface area contributed by atoms with Gasteiger partial charge in [0.25, 0.3) is 0 Å². The highest BCUT2D eigenvalue weighted by atomic mass is 79.9. The molecule has 3 rings (SSSR count). The maximum Gasteiger partial charge on any atom is 0.151 e. The van der Waals surface area contributed by atoms with Gasteiger partial charge in [-0.3, -0.25) is 0 Å². The first-order valence-corrected chi connectivity index (χ1v) is 7.64. The van der Waals surface area contributed by atoms with E-state index < -0.39 is 5.54 Å². The Morgan fingerprint density at radius 3 is 2.81 bits per heavy atom. The zero-order valence-corrected chi connectivity index (χ0v) is 13.3. The smallest absolute Gasteiger partial charge is 0.151 e. The van der Waals surface area contributed by atoms with E-state index in [4.69, 9.17) is 11.6 Å². The Hall–Kier alpha value is -1.57. The number of nitrogens with one attached hydrogen (secondary N) is 1. The Labute approximate surface area is 135 Å². The third-order valence-corrected chi connectivity index (χ3v) is 4.98. The van der Waals surface area contributed by atoms with Crippen molar-refractivity contribution in [3.63, 3.8) is 0 Å². The van der Waals surface area contributed by atoms with E-state index in [-0.39, 0.29) is 5.82 Å². The lowest BCUT2D eigenvalue weighted by Crippen LogP contribution is -2.31. The summed E-state index contributed by atoms with van der Waals surface area (Å²) in [6.07, 6.45) is 1.30. The molecule has 0 heterocycles. The highest BCUT2D eigenvalue weighted by Gasteiger charge is 2.39. The van der Waals surface area contributed by atoms with E-state index in [0.29, 0.717) is 17.9 Å². The van der Waals surface area contributed by atoms with Gasteiger partial charge in [0.05, 0.1) is 11.1 Å². The fourth-order valence-electron chi connectivity index (χ4n) is 2.74. The molecule has 1 aliphatic rings. The van der Waals surface area contributed by atoms with Crippen LogP contribution in [-0.2, 0) is 12.0 Å². The molecule has 0 spiro atoms. The number of aryl methyl sites for hydroxylation is 1. The van der Waals surface area contributed by atoms with Crippen molar-refractivity contribution in [2.24, 2.45) is 0 Å². The summed E-state index contributed by atoms with van der Waals surface area (Å²) in [6, 6.07) is 12.4. The molecule has 2 nitrogen and oxygen atoms in total. The molecule has 1 unspecified atom stereocenters. The number of halogens is 3. The van der Waals surface area contributed by atoms with E-state index in [1.165, 1.54) is 12.1 Å². The Morgan fingerprint density at radius 2 is 2.10 bits per heavy atom. The van der Waals surface area contributed by atoms with Gasteiger partial charge in [0.2, 0.25) is 0 Å². The van der Waals surface area contributed by atoms with Crippen LogP contribution in [0.15, 0.2) is 40.9 Å². The molecule has 21 heavy (non-hydrogen) atoms. The lowest BCUT2D eigenvalue weighted by Gasteiger charge is -2.25. The number of fused-ring (bicyclic) bond motifs is 1. The van der Waals surface area contributed by atoms with Gasteiger partial charge in [-0.1, -0.05) is 17.7 Å². The molecule has 0 bridgehead atoms. The molecule has 2 aromatic rings. The first kappa shape index (κ1) is 14.4. The quantitative estimate of drug-likeness (QED) is 0.811. The van der Waals surface area contributed by atoms with Gasteiger partial charge in [-0.2, -0.15) is 5.26 Å². The molecule has 0 aromatic heterocycles. The van der Waals surface area contributed by atoms with Crippen molar-refractivity contribution >= 4 is 33.2 Å². The molecule has 2 aromatic carbocycles. The fourth-order valence-corrected chi connectivity index (χ4v) is 3.23. The van der Waals surface area contributed by atoms with Gasteiger partial charge in [0, 0.05) is 10.2 Å². The van der Waals surface area contributed by atoms with E-state index >= 15 is 0 Å². The van der Waals surface area contributed by atoms with Gasteiger partial charge >= 0.3 is 0 Å². The largest absolute Gasteiger partial charge is 0.364 e. The van der Waals surface area contributed by atoms with Crippen LogP contribution in [0.5, 0.6) is 0 Å². The summed E-state index contributed by atoms with van der Waals surface area (Å²) in [7, 11) is 0. The van der Waals surface area contributed by atoms with Crippen LogP contribution in [-0.4, -0.2) is 0 Å². The van der Waals surface area contributed by atoms with E-state index in [0.717, 1.165) is 21.3 Å². The SMILES string of the molecule is N#CC1(Nc2ccc(Cl)c(Br)c2)CCc2cc(F)ccc21. The third-order valence-electron chi connectivity index (χ3n) is 3.76. The minimum atomic E-state index is -0.823. The number of hydrogen-bond acceptors (Lipinski definition) is 2. The van der Waals surface area contributed by atoms with E-state index in [1.807, 2.05) is 12.1 Å². The summed E-state index contributed by atoms with van der Waals surface area (Å²) in [5.41, 5.74) is 1.70. The zero-order chi connectivity index (χ0) is 15.0. The van der Waals surface area contributed by atoms with Crippen LogP contribution in [0.2, 0.25) is 5.02 Å². The summed E-state index contributed by atoms with van der Waals surface area (Å²) in [4.78, 5) is 0. The van der Waals surface area contributed by atoms with Gasteiger partial charge in [0.1, 0.15) is 5.82 Å². The van der Waals surface area contributed by atoms with E-state index in [9.17, 15) is 9.65 Å². The summed E-state index contributed by atoms with van der Waals surface area (Å²) >= 11 is 9.35. The van der Waals surface area contributed by atoms with Crippen LogP contribution in [0.3, 0.4) is 0 Å². The van der Waals surface area contributed by atoms with Crippen molar-refractivity contribution in [1.29, 1.82) is 5.26 Å². The number of benzene rings is 2. The number of anilines is 1. The fraction of sp³-hybridized carbons (Fsp3) is 0.188. The topological polar surface area (TPSA) is 35.8 Å². The first-order chi connectivity index (χ1) is 10.0. The molecule has 0 radical (unpaired) electrons. The number of nitriles is 1. The zero-order valence-electron chi connectivity index (χ0n) is 11.0. The van der Waals surface area contributed by atoms with Crippen molar-refractivity contribution in [3.8, 4) is 6.07 Å². The van der Waals surface area contributed by atoms with Gasteiger partial charge in [-0.25, -0.2) is 4.39 Å². The summed E-state index contributed by atoms with van der Waals surface area (Å²) in [6.45, 7) is 0. The Bertz CT molecular complexity index is 756. The summed E-state index contributed by atoms with van der Waals surface area (Å²) in [5.74, 6) is -0.267. The second-order valence-corrected chi connectivity index (χ2v) is 6.33. The van der Waals surface area contributed by atoms with Crippen LogP contribution in [0.4, 0.5) is 10.1 Å². The van der Waals surface area contributed by atoms with Crippen LogP contribution in [0.1, 0.15) is 17.5 Å². The molecule has 5 heteroatoms. The second kappa shape index (κ2) is 5.32. The molecule has 1 N–H and O–H groups in total. The Kier molecular flexibility index (Phi) is 3.64. The molecule has 0 fully saturated rings. The molecular formula is C16H11BrClFN2. The van der Waals surface area contributed by atoms with Crippen molar-refractivity contribution in [2.75, 3.05) is 5.32 Å². The van der Waals surface area contributed by atoms with Gasteiger partial charge in [-0.05, 0) is 70.2 Å². The van der Waals surface area contributed by atoms with Crippen molar-refractivity contribution in [3.05, 3.63) is 62.8 Å². The lowest BCUT2D eigenvalue weighted by atomic mass is 9.93. The number of hydrogen-bond donors (Lipinski definition) is 1. The average molecular weight is 366 g/mol. The van der Waals surface area contributed by atoms with Crippen molar-refractivity contribution < 1.29 is 4.39 Å². The molecule has 0 saturated carbocycles. The number of rotatable bonds is 2. The second-order valence-electron chi connectivity index (χ2n) is 5.07. The van der Waals surface area contributed by atoms with Gasteiger partial charge < -0.3 is 5.32 Å². The predicted octanol–water partition coefficient (Wildman–Crippen LogP) is 5.02. The van der Waals surface area contributed by atoms with Gasteiger partial charge in [0.15, 0.2) is 5.54 Å². The van der Waals surface area contributed by atoms with Crippen LogP contribution in [0.25, 0.3) is 0 Å². The van der Waals surface area contributed by atoms with Gasteiger partial charge in [-0.15, -0.1) is 0 Å². The normalized spacial score (nSPS) is 19.9. The lowest BCUT2D eigenvalue weighted by molar-refractivity contribution is 0.618. The van der Waals surface area contributed by atoms with E-state index in [1.54, 1.807) is 12.1 Å². The highest BCUT2D eigenvalue weighted by Crippen LogP contribution is 2.40. The minimum absolute atomic E-state index is 0.267. The predicted molar refractivity (Wildman–Crippen MR) is 84.8 cm³/mol. The molecule has 0 aliphatic heterocycles. The molecule has 0 saturated heterocycles. The van der Waals surface area contributed by atoms with Crippen molar-refractivity contribution in [1.82, 2.24) is 0 Å². The minimum Gasteiger partial charge on any atom is -0.364 e. The van der Waals surface area contributed by atoms with Crippen LogP contribution in [0, 0.1) is 17.1 Å². The third kappa shape index (κ3) is 2.52. The van der Waals surface area contributed by atoms with Crippen LogP contribution < -0.4 is 5.32 Å². The molecule has 106 valence electrons. The summed E-state index contributed by atoms with van der Waals surface area (Å²) < 4.78 is 14.1. The Balaban J connectivity index is 2.00. The standard InChI is InChI=1S/C16H11BrClFN2/c17-14-8-12(2-4-15(14)18)21-16(9-20)6-5-10-7-11(19)1-3-13(10)16/h1-4,7-8,21H,5-6H2. The highest BCUT2D eigenvalue weighted by molar-refractivity contribution is 9.10. The molecule has 1 atom stereocenters. The van der Waals surface area contributed by atoms with E-state index in [2.05, 4.69) is 27.3 Å². The Morgan fingerprint density at radius 1 is 1.29 bits per heavy atom. The monoisotopic (exact) mass is 364 g/mol. The molecule has 1 aliphatic carbocycles. The van der Waals surface area contributed by atoms with Crippen LogP contribution >= 0.6 is 27.5 Å². The maximum absolute atomic E-state index is 13.3. The molecular weight excluding hydrogens is 355 g/mol. The number of nitrogens with zero attached hydrogens (tertiary/aromatic N) is 1. The maximum atomic E-state index is 13.3. The first-order valence-electron chi connectivity index (χ1n) is 6.47.